The molecule has 0 saturated carbocycles. The van der Waals surface area contributed by atoms with Crippen LogP contribution in [0.4, 0.5) is 0 Å². The molecule has 0 spiro atoms. The lowest BCUT2D eigenvalue weighted by atomic mass is 10.0. The summed E-state index contributed by atoms with van der Waals surface area (Å²) in [6, 6.07) is 20.2. The number of halogens is 1. The van der Waals surface area contributed by atoms with Crippen molar-refractivity contribution in [1.29, 1.82) is 0 Å². The van der Waals surface area contributed by atoms with Gasteiger partial charge in [0.1, 0.15) is 0 Å². The average molecular weight is 292 g/mol. The Morgan fingerprint density at radius 1 is 0.850 bits per heavy atom. The second-order valence-corrected chi connectivity index (χ2v) is 4.90. The molecular weight excluding hydrogens is 270 g/mol. The van der Waals surface area contributed by atoms with E-state index < -0.39 is 6.10 Å². The lowest BCUT2D eigenvalue weighted by Crippen LogP contribution is -2.25. The summed E-state index contributed by atoms with van der Waals surface area (Å²) in [4.78, 5) is 0. The molecule has 2 rings (SSSR count). The van der Waals surface area contributed by atoms with Crippen molar-refractivity contribution >= 4 is 12.4 Å². The van der Waals surface area contributed by atoms with Crippen LogP contribution in [-0.2, 0) is 0 Å². The molecule has 20 heavy (non-hydrogen) atoms. The van der Waals surface area contributed by atoms with Crippen LogP contribution in [-0.4, -0.2) is 18.2 Å². The van der Waals surface area contributed by atoms with E-state index in [9.17, 15) is 5.11 Å². The third-order valence-electron chi connectivity index (χ3n) is 3.34. The fourth-order valence-electron chi connectivity index (χ4n) is 2.13. The van der Waals surface area contributed by atoms with E-state index in [4.69, 9.17) is 0 Å². The van der Waals surface area contributed by atoms with Gasteiger partial charge in [-0.3, -0.25) is 0 Å². The molecule has 0 heterocycles. The molecular formula is C17H22ClNO. The molecule has 3 heteroatoms. The van der Waals surface area contributed by atoms with E-state index in [0.717, 1.165) is 12.1 Å². The van der Waals surface area contributed by atoms with Crippen molar-refractivity contribution in [3.8, 4) is 0 Å². The van der Waals surface area contributed by atoms with Crippen LogP contribution in [0.15, 0.2) is 60.7 Å². The molecule has 0 aliphatic carbocycles. The summed E-state index contributed by atoms with van der Waals surface area (Å²) >= 11 is 0. The Morgan fingerprint density at radius 3 is 1.90 bits per heavy atom. The van der Waals surface area contributed by atoms with Gasteiger partial charge >= 0.3 is 0 Å². The first-order valence-electron chi connectivity index (χ1n) is 6.76. The molecule has 0 aliphatic heterocycles. The van der Waals surface area contributed by atoms with Crippen LogP contribution in [0.3, 0.4) is 0 Å². The van der Waals surface area contributed by atoms with Crippen molar-refractivity contribution in [3.05, 3.63) is 71.8 Å². The minimum absolute atomic E-state index is 0. The molecule has 0 saturated heterocycles. The SMILES string of the molecule is CC(CNCC(O)c1ccccc1)c1ccccc1.Cl. The van der Waals surface area contributed by atoms with E-state index in [1.165, 1.54) is 5.56 Å². The highest BCUT2D eigenvalue weighted by Gasteiger charge is 2.08. The lowest BCUT2D eigenvalue weighted by Gasteiger charge is -2.16. The van der Waals surface area contributed by atoms with E-state index >= 15 is 0 Å². The number of aliphatic hydroxyl groups is 1. The van der Waals surface area contributed by atoms with Crippen LogP contribution in [0.1, 0.15) is 30.1 Å². The van der Waals surface area contributed by atoms with E-state index in [2.05, 4.69) is 36.5 Å². The van der Waals surface area contributed by atoms with Gasteiger partial charge in [-0.2, -0.15) is 0 Å². The zero-order valence-electron chi connectivity index (χ0n) is 11.7. The minimum atomic E-state index is -0.441. The maximum Gasteiger partial charge on any atom is 0.0914 e. The van der Waals surface area contributed by atoms with Crippen molar-refractivity contribution in [2.45, 2.75) is 18.9 Å². The lowest BCUT2D eigenvalue weighted by molar-refractivity contribution is 0.174. The molecule has 0 radical (unpaired) electrons. The predicted molar refractivity (Wildman–Crippen MR) is 86.4 cm³/mol. The first-order valence-corrected chi connectivity index (χ1v) is 6.76. The van der Waals surface area contributed by atoms with E-state index in [-0.39, 0.29) is 12.4 Å². The van der Waals surface area contributed by atoms with Crippen molar-refractivity contribution in [2.24, 2.45) is 0 Å². The monoisotopic (exact) mass is 291 g/mol. The highest BCUT2D eigenvalue weighted by atomic mass is 35.5. The summed E-state index contributed by atoms with van der Waals surface area (Å²) in [5.41, 5.74) is 2.28. The Labute approximate surface area is 127 Å². The van der Waals surface area contributed by atoms with Gasteiger partial charge in [0, 0.05) is 13.1 Å². The van der Waals surface area contributed by atoms with Crippen molar-refractivity contribution in [3.63, 3.8) is 0 Å². The maximum absolute atomic E-state index is 10.0. The molecule has 2 N–H and O–H groups in total. The number of benzene rings is 2. The van der Waals surface area contributed by atoms with Gasteiger partial charge in [0.2, 0.25) is 0 Å². The quantitative estimate of drug-likeness (QED) is 0.853. The maximum atomic E-state index is 10.0. The standard InChI is InChI=1S/C17H21NO.ClH/c1-14(15-8-4-2-5-9-15)12-18-13-17(19)16-10-6-3-7-11-16;/h2-11,14,17-19H,12-13H2,1H3;1H. The summed E-state index contributed by atoms with van der Waals surface area (Å²) in [6.07, 6.45) is -0.441. The van der Waals surface area contributed by atoms with E-state index in [1.807, 2.05) is 36.4 Å². The molecule has 2 aromatic carbocycles. The molecule has 0 aliphatic rings. The van der Waals surface area contributed by atoms with Gasteiger partial charge in [0.05, 0.1) is 6.10 Å². The van der Waals surface area contributed by atoms with Gasteiger partial charge in [-0.1, -0.05) is 67.6 Å². The zero-order valence-corrected chi connectivity index (χ0v) is 12.5. The highest BCUT2D eigenvalue weighted by Crippen LogP contribution is 2.14. The topological polar surface area (TPSA) is 32.3 Å². The molecule has 108 valence electrons. The largest absolute Gasteiger partial charge is 0.387 e. The van der Waals surface area contributed by atoms with Crippen LogP contribution >= 0.6 is 12.4 Å². The van der Waals surface area contributed by atoms with Crippen molar-refractivity contribution < 1.29 is 5.11 Å². The second-order valence-electron chi connectivity index (χ2n) is 4.90. The van der Waals surface area contributed by atoms with Crippen LogP contribution in [0, 0.1) is 0 Å². The summed E-state index contributed by atoms with van der Waals surface area (Å²) in [7, 11) is 0. The summed E-state index contributed by atoms with van der Waals surface area (Å²) in [5, 5.41) is 13.4. The number of hydrogen-bond acceptors (Lipinski definition) is 2. The Hall–Kier alpha value is -1.35. The molecule has 2 aromatic rings. The summed E-state index contributed by atoms with van der Waals surface area (Å²) in [6.45, 7) is 3.65. The average Bonchev–Trinajstić information content (AvgIpc) is 2.49. The van der Waals surface area contributed by atoms with Crippen LogP contribution in [0.5, 0.6) is 0 Å². The van der Waals surface area contributed by atoms with Crippen molar-refractivity contribution in [1.82, 2.24) is 5.32 Å². The third kappa shape index (κ3) is 4.97. The van der Waals surface area contributed by atoms with Crippen LogP contribution in [0.2, 0.25) is 0 Å². The minimum Gasteiger partial charge on any atom is -0.387 e. The first kappa shape index (κ1) is 16.7. The van der Waals surface area contributed by atoms with Crippen LogP contribution < -0.4 is 5.32 Å². The van der Waals surface area contributed by atoms with Crippen LogP contribution in [0.25, 0.3) is 0 Å². The van der Waals surface area contributed by atoms with E-state index in [0.29, 0.717) is 12.5 Å². The Bertz CT molecular complexity index is 429. The Balaban J connectivity index is 0.00000200. The fourth-order valence-corrected chi connectivity index (χ4v) is 2.13. The second kappa shape index (κ2) is 8.75. The molecule has 0 bridgehead atoms. The van der Waals surface area contributed by atoms with Gasteiger partial charge in [-0.15, -0.1) is 12.4 Å². The zero-order chi connectivity index (χ0) is 13.5. The van der Waals surface area contributed by atoms with Gasteiger partial charge in [0.15, 0.2) is 0 Å². The van der Waals surface area contributed by atoms with Gasteiger partial charge < -0.3 is 10.4 Å². The van der Waals surface area contributed by atoms with Gasteiger partial charge in [-0.25, -0.2) is 0 Å². The van der Waals surface area contributed by atoms with Gasteiger partial charge in [-0.05, 0) is 17.0 Å². The third-order valence-corrected chi connectivity index (χ3v) is 3.34. The molecule has 2 atom stereocenters. The fraction of sp³-hybridized carbons (Fsp3) is 0.294. The smallest absolute Gasteiger partial charge is 0.0914 e. The number of aliphatic hydroxyl groups excluding tert-OH is 1. The van der Waals surface area contributed by atoms with Crippen molar-refractivity contribution in [2.75, 3.05) is 13.1 Å². The normalized spacial score (nSPS) is 13.3. The Morgan fingerprint density at radius 2 is 1.35 bits per heavy atom. The molecule has 0 aromatic heterocycles. The number of nitrogens with one attached hydrogen (secondary N) is 1. The molecule has 2 nitrogen and oxygen atoms in total. The summed E-state index contributed by atoms with van der Waals surface area (Å²) in [5.74, 6) is 0.448. The number of rotatable bonds is 6. The highest BCUT2D eigenvalue weighted by molar-refractivity contribution is 5.85. The van der Waals surface area contributed by atoms with E-state index in [1.54, 1.807) is 0 Å². The predicted octanol–water partition coefficient (Wildman–Crippen LogP) is 3.54. The summed E-state index contributed by atoms with van der Waals surface area (Å²) < 4.78 is 0. The Kier molecular flexibility index (Phi) is 7.31. The molecule has 0 amide bonds. The molecule has 2 unspecified atom stereocenters. The molecule has 0 fully saturated rings. The first-order chi connectivity index (χ1) is 9.27. The number of hydrogen-bond donors (Lipinski definition) is 2. The van der Waals surface area contributed by atoms with Gasteiger partial charge in [0.25, 0.3) is 0 Å².